The molecule has 0 aromatic heterocycles. The number of nitrogens with zero attached hydrogens (tertiary/aromatic N) is 1. The Bertz CT molecular complexity index is 500. The summed E-state index contributed by atoms with van der Waals surface area (Å²) in [5.74, 6) is 0.715. The molecule has 0 aliphatic carbocycles. The Hall–Kier alpha value is -1.55. The van der Waals surface area contributed by atoms with Gasteiger partial charge >= 0.3 is 5.97 Å². The van der Waals surface area contributed by atoms with Crippen LogP contribution in [0.25, 0.3) is 0 Å². The van der Waals surface area contributed by atoms with Gasteiger partial charge in [-0.25, -0.2) is 0 Å². The second kappa shape index (κ2) is 11.1. The van der Waals surface area contributed by atoms with Crippen molar-refractivity contribution < 1.29 is 14.3 Å². The van der Waals surface area contributed by atoms with Crippen molar-refractivity contribution in [3.8, 4) is 5.75 Å². The fraction of sp³-hybridized carbons (Fsp3) is 0.667. The molecule has 1 atom stereocenters. The molecule has 1 aromatic carbocycles. The van der Waals surface area contributed by atoms with Gasteiger partial charge < -0.3 is 14.4 Å². The molecule has 4 nitrogen and oxygen atoms in total. The van der Waals surface area contributed by atoms with Crippen molar-refractivity contribution >= 4 is 5.97 Å². The summed E-state index contributed by atoms with van der Waals surface area (Å²) in [5, 5.41) is 0. The molecular formula is C21H33NO3. The number of benzene rings is 1. The fourth-order valence-corrected chi connectivity index (χ4v) is 3.20. The number of rotatable bonds is 10. The standard InChI is InChI=1S/C21H33NO3/c1-3-4-15-24-20-11-9-19(10-12-20)17-21(23)25-16-7-14-22-13-6-5-8-18(22)2/h9-12,18H,3-8,13-17H2,1-2H3. The molecule has 0 radical (unpaired) electrons. The maximum Gasteiger partial charge on any atom is 0.310 e. The van der Waals surface area contributed by atoms with E-state index in [0.717, 1.165) is 43.7 Å². The van der Waals surface area contributed by atoms with E-state index in [1.807, 2.05) is 24.3 Å². The highest BCUT2D eigenvalue weighted by Gasteiger charge is 2.17. The molecule has 1 unspecified atom stereocenters. The van der Waals surface area contributed by atoms with Crippen LogP contribution in [0.3, 0.4) is 0 Å². The number of piperidine rings is 1. The minimum absolute atomic E-state index is 0.147. The molecule has 4 heteroatoms. The number of carbonyl (C=O) groups excluding carboxylic acids is 1. The average molecular weight is 347 g/mol. The maximum absolute atomic E-state index is 12.0. The van der Waals surface area contributed by atoms with Crippen LogP contribution >= 0.6 is 0 Å². The van der Waals surface area contributed by atoms with Crippen LogP contribution in [0.1, 0.15) is 57.9 Å². The van der Waals surface area contributed by atoms with E-state index in [2.05, 4.69) is 18.7 Å². The van der Waals surface area contributed by atoms with Crippen molar-refractivity contribution in [1.82, 2.24) is 4.90 Å². The first-order valence-electron chi connectivity index (χ1n) is 9.80. The molecule has 1 aliphatic heterocycles. The molecule has 25 heavy (non-hydrogen) atoms. The quantitative estimate of drug-likeness (QED) is 0.469. The van der Waals surface area contributed by atoms with Gasteiger partial charge in [0.15, 0.2) is 0 Å². The Morgan fingerprint density at radius 1 is 1.16 bits per heavy atom. The zero-order chi connectivity index (χ0) is 17.9. The van der Waals surface area contributed by atoms with Crippen LogP contribution in [-0.2, 0) is 16.0 Å². The van der Waals surface area contributed by atoms with Crippen LogP contribution in [-0.4, -0.2) is 43.2 Å². The SMILES string of the molecule is CCCCOc1ccc(CC(=O)OCCCN2CCCCC2C)cc1. The summed E-state index contributed by atoms with van der Waals surface area (Å²) in [6.07, 6.45) is 7.36. The number of hydrogen-bond donors (Lipinski definition) is 0. The van der Waals surface area contributed by atoms with Gasteiger partial charge in [0, 0.05) is 12.6 Å². The van der Waals surface area contributed by atoms with Crippen molar-refractivity contribution in [3.63, 3.8) is 0 Å². The Morgan fingerprint density at radius 3 is 2.68 bits per heavy atom. The molecule has 1 heterocycles. The van der Waals surface area contributed by atoms with Crippen molar-refractivity contribution in [2.24, 2.45) is 0 Å². The maximum atomic E-state index is 12.0. The molecule has 1 saturated heterocycles. The zero-order valence-electron chi connectivity index (χ0n) is 15.8. The van der Waals surface area contributed by atoms with Gasteiger partial charge in [0.2, 0.25) is 0 Å². The van der Waals surface area contributed by atoms with E-state index in [9.17, 15) is 4.79 Å². The lowest BCUT2D eigenvalue weighted by Crippen LogP contribution is -2.38. The summed E-state index contributed by atoms with van der Waals surface area (Å²) < 4.78 is 11.0. The summed E-state index contributed by atoms with van der Waals surface area (Å²) in [6.45, 7) is 7.90. The van der Waals surface area contributed by atoms with E-state index in [1.165, 1.54) is 25.8 Å². The molecule has 2 rings (SSSR count). The normalized spacial score (nSPS) is 18.1. The van der Waals surface area contributed by atoms with E-state index >= 15 is 0 Å². The molecule has 1 aliphatic rings. The summed E-state index contributed by atoms with van der Waals surface area (Å²) in [4.78, 5) is 14.5. The van der Waals surface area contributed by atoms with Gasteiger partial charge in [0.05, 0.1) is 19.6 Å². The monoisotopic (exact) mass is 347 g/mol. The number of esters is 1. The van der Waals surface area contributed by atoms with E-state index < -0.39 is 0 Å². The van der Waals surface area contributed by atoms with Gasteiger partial charge in [0.1, 0.15) is 5.75 Å². The van der Waals surface area contributed by atoms with Gasteiger partial charge in [-0.05, 0) is 56.8 Å². The Morgan fingerprint density at radius 2 is 1.96 bits per heavy atom. The van der Waals surface area contributed by atoms with Crippen molar-refractivity contribution in [3.05, 3.63) is 29.8 Å². The lowest BCUT2D eigenvalue weighted by atomic mass is 10.0. The smallest absolute Gasteiger partial charge is 0.310 e. The third-order valence-electron chi connectivity index (χ3n) is 4.83. The molecule has 0 amide bonds. The van der Waals surface area contributed by atoms with Crippen molar-refractivity contribution in [2.45, 2.75) is 64.8 Å². The van der Waals surface area contributed by atoms with Gasteiger partial charge in [-0.15, -0.1) is 0 Å². The van der Waals surface area contributed by atoms with Gasteiger partial charge in [-0.3, -0.25) is 4.79 Å². The average Bonchev–Trinajstić information content (AvgIpc) is 2.62. The number of carbonyl (C=O) groups is 1. The van der Waals surface area contributed by atoms with E-state index in [-0.39, 0.29) is 5.97 Å². The van der Waals surface area contributed by atoms with E-state index in [0.29, 0.717) is 19.1 Å². The van der Waals surface area contributed by atoms with Crippen LogP contribution in [0, 0.1) is 0 Å². The largest absolute Gasteiger partial charge is 0.494 e. The van der Waals surface area contributed by atoms with E-state index in [1.54, 1.807) is 0 Å². The number of likely N-dealkylation sites (tertiary alicyclic amines) is 1. The first kappa shape index (κ1) is 19.8. The number of hydrogen-bond acceptors (Lipinski definition) is 4. The predicted octanol–water partition coefficient (Wildman–Crippen LogP) is 4.22. The first-order valence-corrected chi connectivity index (χ1v) is 9.80. The van der Waals surface area contributed by atoms with Crippen LogP contribution in [0.15, 0.2) is 24.3 Å². The van der Waals surface area contributed by atoms with Gasteiger partial charge in [0.25, 0.3) is 0 Å². The van der Waals surface area contributed by atoms with Crippen LogP contribution < -0.4 is 4.74 Å². The summed E-state index contributed by atoms with van der Waals surface area (Å²) in [6, 6.07) is 8.41. The molecule has 0 bridgehead atoms. The van der Waals surface area contributed by atoms with Gasteiger partial charge in [-0.2, -0.15) is 0 Å². The molecule has 0 spiro atoms. The highest BCUT2D eigenvalue weighted by Crippen LogP contribution is 2.16. The topological polar surface area (TPSA) is 38.8 Å². The predicted molar refractivity (Wildman–Crippen MR) is 101 cm³/mol. The van der Waals surface area contributed by atoms with Gasteiger partial charge in [-0.1, -0.05) is 31.9 Å². The summed E-state index contributed by atoms with van der Waals surface area (Å²) in [5.41, 5.74) is 0.970. The van der Waals surface area contributed by atoms with Crippen LogP contribution in [0.2, 0.25) is 0 Å². The molecule has 0 N–H and O–H groups in total. The lowest BCUT2D eigenvalue weighted by Gasteiger charge is -2.33. The second-order valence-corrected chi connectivity index (χ2v) is 6.98. The lowest BCUT2D eigenvalue weighted by molar-refractivity contribution is -0.143. The third kappa shape index (κ3) is 7.47. The van der Waals surface area contributed by atoms with E-state index in [4.69, 9.17) is 9.47 Å². The van der Waals surface area contributed by atoms with Crippen LogP contribution in [0.5, 0.6) is 5.75 Å². The summed E-state index contributed by atoms with van der Waals surface area (Å²) >= 11 is 0. The Labute approximate surface area is 152 Å². The zero-order valence-corrected chi connectivity index (χ0v) is 15.8. The summed E-state index contributed by atoms with van der Waals surface area (Å²) in [7, 11) is 0. The molecule has 1 fully saturated rings. The second-order valence-electron chi connectivity index (χ2n) is 6.98. The minimum Gasteiger partial charge on any atom is -0.494 e. The van der Waals surface area contributed by atoms with Crippen molar-refractivity contribution in [1.29, 1.82) is 0 Å². The molecule has 140 valence electrons. The molecule has 1 aromatic rings. The fourth-order valence-electron chi connectivity index (χ4n) is 3.20. The first-order chi connectivity index (χ1) is 12.2. The highest BCUT2D eigenvalue weighted by molar-refractivity contribution is 5.72. The van der Waals surface area contributed by atoms with Crippen LogP contribution in [0.4, 0.5) is 0 Å². The minimum atomic E-state index is -0.147. The Balaban J connectivity index is 1.61. The Kier molecular flexibility index (Phi) is 8.81. The van der Waals surface area contributed by atoms with Crippen molar-refractivity contribution in [2.75, 3.05) is 26.3 Å². The number of unbranched alkanes of at least 4 members (excludes halogenated alkanes) is 1. The highest BCUT2D eigenvalue weighted by atomic mass is 16.5. The molecule has 0 saturated carbocycles. The third-order valence-corrected chi connectivity index (χ3v) is 4.83. The number of ether oxygens (including phenoxy) is 2. The molecular weight excluding hydrogens is 314 g/mol.